The number of ether oxygens (including phenoxy) is 2. The van der Waals surface area contributed by atoms with E-state index in [-0.39, 0.29) is 17.5 Å². The van der Waals surface area contributed by atoms with Crippen LogP contribution in [0.5, 0.6) is 0 Å². The van der Waals surface area contributed by atoms with Crippen molar-refractivity contribution < 1.29 is 23.9 Å². The second-order valence-electron chi connectivity index (χ2n) is 8.63. The maximum absolute atomic E-state index is 12.4. The number of carbonyl (C=O) groups excluding carboxylic acids is 3. The molecule has 1 saturated carbocycles. The lowest BCUT2D eigenvalue weighted by Gasteiger charge is -2.30. The third kappa shape index (κ3) is 7.40. The zero-order valence-electron chi connectivity index (χ0n) is 17.9. The minimum atomic E-state index is -0.904. The molecule has 1 aromatic carbocycles. The van der Waals surface area contributed by atoms with Gasteiger partial charge in [-0.1, -0.05) is 25.8 Å². The van der Waals surface area contributed by atoms with Crippen LogP contribution in [-0.4, -0.2) is 35.7 Å². The third-order valence-corrected chi connectivity index (χ3v) is 4.84. The van der Waals surface area contributed by atoms with Gasteiger partial charge in [0.2, 0.25) is 0 Å². The number of amides is 2. The zero-order chi connectivity index (χ0) is 21.6. The first-order valence-electron chi connectivity index (χ1n) is 10.2. The molecule has 1 aliphatic carbocycles. The van der Waals surface area contributed by atoms with Gasteiger partial charge in [-0.2, -0.15) is 0 Å². The lowest BCUT2D eigenvalue weighted by atomic mass is 9.86. The average Bonchev–Trinajstić information content (AvgIpc) is 2.62. The van der Waals surface area contributed by atoms with Crippen LogP contribution in [0.15, 0.2) is 24.3 Å². The molecule has 0 unspecified atom stereocenters. The van der Waals surface area contributed by atoms with Crippen molar-refractivity contribution in [3.05, 3.63) is 29.8 Å². The number of carbonyl (C=O) groups is 3. The number of hydrogen-bond acceptors (Lipinski definition) is 5. The molecule has 0 bridgehead atoms. The van der Waals surface area contributed by atoms with Gasteiger partial charge in [0, 0.05) is 11.7 Å². The van der Waals surface area contributed by atoms with Crippen LogP contribution < -0.4 is 10.6 Å². The zero-order valence-corrected chi connectivity index (χ0v) is 17.9. The number of esters is 1. The molecule has 160 valence electrons. The molecule has 0 saturated heterocycles. The van der Waals surface area contributed by atoms with Crippen LogP contribution in [0.25, 0.3) is 0 Å². The summed E-state index contributed by atoms with van der Waals surface area (Å²) in [5, 5.41) is 5.58. The molecule has 2 N–H and O–H groups in total. The fraction of sp³-hybridized carbons (Fsp3) is 0.591. The predicted molar refractivity (Wildman–Crippen MR) is 111 cm³/mol. The summed E-state index contributed by atoms with van der Waals surface area (Å²) in [5.41, 5.74) is 0.0188. The van der Waals surface area contributed by atoms with Crippen LogP contribution in [0.2, 0.25) is 0 Å². The molecule has 7 heteroatoms. The summed E-state index contributed by atoms with van der Waals surface area (Å²) in [6, 6.07) is 6.44. The molecular weight excluding hydrogens is 372 g/mol. The van der Waals surface area contributed by atoms with Gasteiger partial charge in [-0.25, -0.2) is 9.59 Å². The van der Waals surface area contributed by atoms with Crippen molar-refractivity contribution in [2.75, 3.05) is 5.32 Å². The summed E-state index contributed by atoms with van der Waals surface area (Å²) >= 11 is 0. The molecule has 0 heterocycles. The molecule has 0 radical (unpaired) electrons. The second-order valence-corrected chi connectivity index (χ2v) is 8.63. The molecule has 7 nitrogen and oxygen atoms in total. The molecule has 2 amide bonds. The SMILES string of the molecule is C[C@@H]1CCCC[C@H]1NC(=O)[C@@H](C)OC(=O)c1cccc(NC(=O)OC(C)(C)C)c1. The molecule has 2 rings (SSSR count). The summed E-state index contributed by atoms with van der Waals surface area (Å²) in [5.74, 6) is -0.497. The van der Waals surface area contributed by atoms with E-state index in [1.165, 1.54) is 12.5 Å². The largest absolute Gasteiger partial charge is 0.449 e. The van der Waals surface area contributed by atoms with Crippen molar-refractivity contribution >= 4 is 23.7 Å². The van der Waals surface area contributed by atoms with E-state index in [9.17, 15) is 14.4 Å². The molecule has 0 spiro atoms. The van der Waals surface area contributed by atoms with E-state index >= 15 is 0 Å². The van der Waals surface area contributed by atoms with Crippen molar-refractivity contribution in [3.8, 4) is 0 Å². The lowest BCUT2D eigenvalue weighted by molar-refractivity contribution is -0.130. The summed E-state index contributed by atoms with van der Waals surface area (Å²) in [4.78, 5) is 36.7. The van der Waals surface area contributed by atoms with Crippen molar-refractivity contribution in [2.45, 2.75) is 78.0 Å². The Kier molecular flexibility index (Phi) is 7.65. The highest BCUT2D eigenvalue weighted by atomic mass is 16.6. The summed E-state index contributed by atoms with van der Waals surface area (Å²) in [6.45, 7) is 8.98. The molecule has 1 aliphatic rings. The van der Waals surface area contributed by atoms with E-state index in [4.69, 9.17) is 9.47 Å². The second kappa shape index (κ2) is 9.76. The fourth-order valence-corrected chi connectivity index (χ4v) is 3.26. The maximum atomic E-state index is 12.4. The Morgan fingerprint density at radius 3 is 2.48 bits per heavy atom. The maximum Gasteiger partial charge on any atom is 0.412 e. The van der Waals surface area contributed by atoms with Gasteiger partial charge in [-0.15, -0.1) is 0 Å². The highest BCUT2D eigenvalue weighted by Gasteiger charge is 2.26. The van der Waals surface area contributed by atoms with E-state index in [1.807, 2.05) is 0 Å². The highest BCUT2D eigenvalue weighted by Crippen LogP contribution is 2.24. The number of anilines is 1. The first-order valence-corrected chi connectivity index (χ1v) is 10.2. The normalized spacial score (nSPS) is 20.3. The van der Waals surface area contributed by atoms with Gasteiger partial charge in [-0.05, 0) is 64.7 Å². The molecule has 0 aromatic heterocycles. The van der Waals surface area contributed by atoms with Crippen LogP contribution in [-0.2, 0) is 14.3 Å². The lowest BCUT2D eigenvalue weighted by Crippen LogP contribution is -2.45. The number of nitrogens with one attached hydrogen (secondary N) is 2. The quantitative estimate of drug-likeness (QED) is 0.715. The van der Waals surface area contributed by atoms with E-state index in [2.05, 4.69) is 17.6 Å². The smallest absolute Gasteiger partial charge is 0.412 e. The van der Waals surface area contributed by atoms with Gasteiger partial charge in [-0.3, -0.25) is 10.1 Å². The Bertz CT molecular complexity index is 741. The van der Waals surface area contributed by atoms with E-state index in [0.29, 0.717) is 11.6 Å². The summed E-state index contributed by atoms with van der Waals surface area (Å²) in [7, 11) is 0. The van der Waals surface area contributed by atoms with Gasteiger partial charge in [0.05, 0.1) is 5.56 Å². The third-order valence-electron chi connectivity index (χ3n) is 4.84. The number of rotatable bonds is 5. The monoisotopic (exact) mass is 404 g/mol. The number of hydrogen-bond donors (Lipinski definition) is 2. The Hall–Kier alpha value is -2.57. The first kappa shape index (κ1) is 22.7. The van der Waals surface area contributed by atoms with E-state index in [1.54, 1.807) is 45.9 Å². The van der Waals surface area contributed by atoms with Crippen LogP contribution >= 0.6 is 0 Å². The molecule has 29 heavy (non-hydrogen) atoms. The summed E-state index contributed by atoms with van der Waals surface area (Å²) < 4.78 is 10.5. The van der Waals surface area contributed by atoms with Gasteiger partial charge in [0.15, 0.2) is 6.10 Å². The molecule has 1 fully saturated rings. The van der Waals surface area contributed by atoms with Gasteiger partial charge in [0.1, 0.15) is 5.60 Å². The fourth-order valence-electron chi connectivity index (χ4n) is 3.26. The number of benzene rings is 1. The minimum absolute atomic E-state index is 0.124. The minimum Gasteiger partial charge on any atom is -0.449 e. The van der Waals surface area contributed by atoms with Gasteiger partial charge in [0.25, 0.3) is 5.91 Å². The van der Waals surface area contributed by atoms with E-state index in [0.717, 1.165) is 19.3 Å². The Morgan fingerprint density at radius 2 is 1.83 bits per heavy atom. The molecular formula is C22H32N2O5. The van der Waals surface area contributed by atoms with Crippen LogP contribution in [0, 0.1) is 5.92 Å². The van der Waals surface area contributed by atoms with Crippen molar-refractivity contribution in [1.29, 1.82) is 0 Å². The summed E-state index contributed by atoms with van der Waals surface area (Å²) in [6.07, 6.45) is 2.81. The van der Waals surface area contributed by atoms with E-state index < -0.39 is 23.8 Å². The average molecular weight is 405 g/mol. The van der Waals surface area contributed by atoms with Crippen molar-refractivity contribution in [3.63, 3.8) is 0 Å². The van der Waals surface area contributed by atoms with Gasteiger partial charge < -0.3 is 14.8 Å². The van der Waals surface area contributed by atoms with Crippen LogP contribution in [0.3, 0.4) is 0 Å². The topological polar surface area (TPSA) is 93.7 Å². The Morgan fingerprint density at radius 1 is 1.14 bits per heavy atom. The van der Waals surface area contributed by atoms with Crippen molar-refractivity contribution in [2.24, 2.45) is 5.92 Å². The Balaban J connectivity index is 1.92. The molecule has 0 aliphatic heterocycles. The van der Waals surface area contributed by atoms with Crippen LogP contribution in [0.1, 0.15) is 70.7 Å². The van der Waals surface area contributed by atoms with Crippen LogP contribution in [0.4, 0.5) is 10.5 Å². The van der Waals surface area contributed by atoms with Gasteiger partial charge >= 0.3 is 12.1 Å². The standard InChI is InChI=1S/C22H32N2O5/c1-14-9-6-7-12-18(14)24-19(25)15(2)28-20(26)16-10-8-11-17(13-16)23-21(27)29-22(3,4)5/h8,10-11,13-15,18H,6-7,9,12H2,1-5H3,(H,23,27)(H,24,25)/t14-,15-,18-/m1/s1. The Labute approximate surface area is 172 Å². The molecule has 3 atom stereocenters. The van der Waals surface area contributed by atoms with Crippen molar-refractivity contribution in [1.82, 2.24) is 5.32 Å². The molecule has 1 aromatic rings. The highest BCUT2D eigenvalue weighted by molar-refractivity contribution is 5.94. The predicted octanol–water partition coefficient (Wildman–Crippen LogP) is 4.27. The first-order chi connectivity index (χ1) is 13.5.